The van der Waals surface area contributed by atoms with Crippen LogP contribution in [0.4, 0.5) is 8.78 Å². The van der Waals surface area contributed by atoms with Crippen LogP contribution in [0.2, 0.25) is 0 Å². The first kappa shape index (κ1) is 15.5. The van der Waals surface area contributed by atoms with Gasteiger partial charge in [0.2, 0.25) is 0 Å². The number of carbonyl (C=O) groups excluding carboxylic acids is 2. The molecular formula is C11H16F2O4. The zero-order valence-corrected chi connectivity index (χ0v) is 10.3. The smallest absolute Gasteiger partial charge is 0.380 e. The fourth-order valence-electron chi connectivity index (χ4n) is 1.10. The van der Waals surface area contributed by atoms with Gasteiger partial charge in [-0.3, -0.25) is 0 Å². The summed E-state index contributed by atoms with van der Waals surface area (Å²) in [6.07, 6.45) is -1.88. The zero-order chi connectivity index (χ0) is 13.8. The number of hydrogen-bond donors (Lipinski definition) is 0. The lowest BCUT2D eigenvalue weighted by Gasteiger charge is -2.27. The van der Waals surface area contributed by atoms with Crippen molar-refractivity contribution >= 4 is 11.9 Å². The highest BCUT2D eigenvalue weighted by molar-refractivity contribution is 5.87. The predicted molar refractivity (Wildman–Crippen MR) is 56.5 cm³/mol. The Hall–Kier alpha value is -1.46. The molecule has 0 aliphatic heterocycles. The van der Waals surface area contributed by atoms with E-state index in [1.165, 1.54) is 20.8 Å². The van der Waals surface area contributed by atoms with Crippen LogP contribution in [0.25, 0.3) is 0 Å². The van der Waals surface area contributed by atoms with Gasteiger partial charge in [-0.2, -0.15) is 8.78 Å². The largest absolute Gasteiger partial charge is 0.464 e. The van der Waals surface area contributed by atoms with E-state index in [1.807, 2.05) is 0 Å². The van der Waals surface area contributed by atoms with Gasteiger partial charge in [-0.1, -0.05) is 20.4 Å². The minimum Gasteiger partial charge on any atom is -0.464 e. The third-order valence-corrected chi connectivity index (χ3v) is 2.00. The molecule has 0 aromatic rings. The summed E-state index contributed by atoms with van der Waals surface area (Å²) in [6, 6.07) is 0. The van der Waals surface area contributed by atoms with Crippen LogP contribution < -0.4 is 0 Å². The number of alkyl halides is 2. The van der Waals surface area contributed by atoms with E-state index in [-0.39, 0.29) is 5.57 Å². The molecule has 1 unspecified atom stereocenters. The number of rotatable bonds is 5. The van der Waals surface area contributed by atoms with Crippen LogP contribution in [0.1, 0.15) is 20.8 Å². The third-order valence-electron chi connectivity index (χ3n) is 2.00. The summed E-state index contributed by atoms with van der Waals surface area (Å²) in [5, 5.41) is 0. The van der Waals surface area contributed by atoms with Crippen LogP contribution in [0, 0.1) is 5.92 Å². The predicted octanol–water partition coefficient (Wildman–Crippen LogP) is 1.94. The Bertz CT molecular complexity index is 323. The van der Waals surface area contributed by atoms with Gasteiger partial charge in [0.25, 0.3) is 0 Å². The molecule has 0 saturated heterocycles. The van der Waals surface area contributed by atoms with Crippen molar-refractivity contribution < 1.29 is 27.8 Å². The Morgan fingerprint density at radius 3 is 2.06 bits per heavy atom. The van der Waals surface area contributed by atoms with Crippen LogP contribution in [0.15, 0.2) is 12.2 Å². The van der Waals surface area contributed by atoms with Crippen molar-refractivity contribution in [3.05, 3.63) is 12.2 Å². The number of halogens is 2. The first-order chi connectivity index (χ1) is 7.64. The lowest BCUT2D eigenvalue weighted by Crippen LogP contribution is -2.47. The molecule has 0 aromatic heterocycles. The fourth-order valence-corrected chi connectivity index (χ4v) is 1.10. The monoisotopic (exact) mass is 250 g/mol. The average molecular weight is 250 g/mol. The Morgan fingerprint density at radius 1 is 1.29 bits per heavy atom. The van der Waals surface area contributed by atoms with Gasteiger partial charge in [0.15, 0.2) is 6.10 Å². The van der Waals surface area contributed by atoms with Crippen molar-refractivity contribution in [2.24, 2.45) is 5.92 Å². The quantitative estimate of drug-likeness (QED) is 0.552. The molecule has 0 bridgehead atoms. The van der Waals surface area contributed by atoms with E-state index in [1.54, 1.807) is 0 Å². The van der Waals surface area contributed by atoms with Crippen LogP contribution in [0.3, 0.4) is 0 Å². The lowest BCUT2D eigenvalue weighted by molar-refractivity contribution is -0.199. The van der Waals surface area contributed by atoms with E-state index in [0.717, 1.165) is 7.11 Å². The minimum atomic E-state index is -3.88. The minimum absolute atomic E-state index is 0.0173. The Kier molecular flexibility index (Phi) is 5.25. The summed E-state index contributed by atoms with van der Waals surface area (Å²) < 4.78 is 35.7. The normalized spacial score (nSPS) is 13.1. The van der Waals surface area contributed by atoms with Crippen molar-refractivity contribution in [3.8, 4) is 0 Å². The maximum atomic E-state index is 13.6. The molecule has 0 radical (unpaired) electrons. The second-order valence-electron chi connectivity index (χ2n) is 3.96. The molecule has 0 aromatic carbocycles. The van der Waals surface area contributed by atoms with E-state index < -0.39 is 29.9 Å². The van der Waals surface area contributed by atoms with Crippen LogP contribution in [-0.4, -0.2) is 31.1 Å². The van der Waals surface area contributed by atoms with Crippen molar-refractivity contribution in [2.75, 3.05) is 7.11 Å². The number of ether oxygens (including phenoxy) is 2. The highest BCUT2D eigenvalue weighted by atomic mass is 19.3. The molecular weight excluding hydrogens is 234 g/mol. The fraction of sp³-hybridized carbons (Fsp3) is 0.636. The first-order valence-corrected chi connectivity index (χ1v) is 4.97. The molecule has 1 atom stereocenters. The Morgan fingerprint density at radius 2 is 1.76 bits per heavy atom. The second-order valence-corrected chi connectivity index (χ2v) is 3.96. The van der Waals surface area contributed by atoms with Gasteiger partial charge in [-0.25, -0.2) is 9.59 Å². The van der Waals surface area contributed by atoms with Crippen LogP contribution in [0.5, 0.6) is 0 Å². The zero-order valence-electron chi connectivity index (χ0n) is 10.3. The van der Waals surface area contributed by atoms with E-state index in [2.05, 4.69) is 16.1 Å². The molecule has 4 nitrogen and oxygen atoms in total. The molecule has 0 aliphatic carbocycles. The number of esters is 2. The number of hydrogen-bond acceptors (Lipinski definition) is 4. The molecule has 0 rings (SSSR count). The second kappa shape index (κ2) is 5.75. The van der Waals surface area contributed by atoms with E-state index >= 15 is 0 Å². The first-order valence-electron chi connectivity index (χ1n) is 4.97. The topological polar surface area (TPSA) is 52.6 Å². The lowest BCUT2D eigenvalue weighted by atomic mass is 10.0. The molecule has 98 valence electrons. The van der Waals surface area contributed by atoms with Gasteiger partial charge >= 0.3 is 17.9 Å². The average Bonchev–Trinajstić information content (AvgIpc) is 2.22. The van der Waals surface area contributed by atoms with Crippen LogP contribution in [-0.2, 0) is 19.1 Å². The molecule has 0 saturated carbocycles. The summed E-state index contributed by atoms with van der Waals surface area (Å²) in [5.41, 5.74) is -0.0173. The van der Waals surface area contributed by atoms with Crippen molar-refractivity contribution in [3.63, 3.8) is 0 Å². The molecule has 6 heteroatoms. The van der Waals surface area contributed by atoms with Crippen LogP contribution >= 0.6 is 0 Å². The molecule has 0 amide bonds. The van der Waals surface area contributed by atoms with Crippen molar-refractivity contribution in [1.82, 2.24) is 0 Å². The van der Waals surface area contributed by atoms with E-state index in [9.17, 15) is 18.4 Å². The van der Waals surface area contributed by atoms with E-state index in [0.29, 0.717) is 0 Å². The molecule has 0 fully saturated rings. The number of methoxy groups -OCH3 is 1. The van der Waals surface area contributed by atoms with Gasteiger partial charge in [0, 0.05) is 5.57 Å². The maximum absolute atomic E-state index is 13.6. The summed E-state index contributed by atoms with van der Waals surface area (Å²) >= 11 is 0. The Balaban J connectivity index is 5.04. The summed E-state index contributed by atoms with van der Waals surface area (Å²) in [5.74, 6) is -7.32. The van der Waals surface area contributed by atoms with Gasteiger partial charge in [0.05, 0.1) is 7.11 Å². The SMILES string of the molecule is C=C(C)C(=O)OC(C(C)C)C(F)(F)C(=O)OC. The summed E-state index contributed by atoms with van der Waals surface area (Å²) in [6.45, 7) is 7.43. The highest BCUT2D eigenvalue weighted by Gasteiger charge is 2.52. The van der Waals surface area contributed by atoms with Gasteiger partial charge in [0.1, 0.15) is 0 Å². The van der Waals surface area contributed by atoms with Crippen molar-refractivity contribution in [1.29, 1.82) is 0 Å². The molecule has 17 heavy (non-hydrogen) atoms. The maximum Gasteiger partial charge on any atom is 0.380 e. The molecule has 0 heterocycles. The molecule has 0 aliphatic rings. The molecule has 0 spiro atoms. The van der Waals surface area contributed by atoms with E-state index in [4.69, 9.17) is 0 Å². The third kappa shape index (κ3) is 3.80. The Labute approximate surface area is 98.6 Å². The number of carbonyl (C=O) groups is 2. The summed E-state index contributed by atoms with van der Waals surface area (Å²) in [4.78, 5) is 22.2. The molecule has 0 N–H and O–H groups in total. The van der Waals surface area contributed by atoms with Gasteiger partial charge in [-0.15, -0.1) is 0 Å². The standard InChI is InChI=1S/C11H16F2O4/c1-6(2)8(17-9(14)7(3)4)11(12,13)10(15)16-5/h6,8H,3H2,1-2,4-5H3. The van der Waals surface area contributed by atoms with Crippen molar-refractivity contribution in [2.45, 2.75) is 32.8 Å². The van der Waals surface area contributed by atoms with Gasteiger partial charge < -0.3 is 9.47 Å². The highest BCUT2D eigenvalue weighted by Crippen LogP contribution is 2.29. The summed E-state index contributed by atoms with van der Waals surface area (Å²) in [7, 11) is 0.841. The van der Waals surface area contributed by atoms with Gasteiger partial charge in [-0.05, 0) is 12.8 Å².